The van der Waals surface area contributed by atoms with Crippen LogP contribution in [0.3, 0.4) is 0 Å². The second-order valence-corrected chi connectivity index (χ2v) is 5.32. The highest BCUT2D eigenvalue weighted by Gasteiger charge is 2.12. The molecule has 122 valence electrons. The SMILES string of the molecule is N#C/C(=C\c1cc(F)ccc1F)C(=O)Nc1cccc2ccccc12. The normalized spacial score (nSPS) is 11.2. The maximum atomic E-state index is 13.7. The fourth-order valence-electron chi connectivity index (χ4n) is 2.45. The van der Waals surface area contributed by atoms with Crippen LogP contribution in [-0.4, -0.2) is 5.91 Å². The summed E-state index contributed by atoms with van der Waals surface area (Å²) in [7, 11) is 0. The first-order chi connectivity index (χ1) is 12.1. The molecule has 0 atom stereocenters. The lowest BCUT2D eigenvalue weighted by atomic mass is 10.1. The van der Waals surface area contributed by atoms with Crippen molar-refractivity contribution in [2.24, 2.45) is 0 Å². The average molecular weight is 334 g/mol. The molecule has 3 aromatic carbocycles. The van der Waals surface area contributed by atoms with Crippen molar-refractivity contribution in [1.82, 2.24) is 0 Å². The number of rotatable bonds is 3. The summed E-state index contributed by atoms with van der Waals surface area (Å²) in [5.41, 5.74) is 0.0472. The number of nitrogens with one attached hydrogen (secondary N) is 1. The van der Waals surface area contributed by atoms with Crippen LogP contribution < -0.4 is 5.32 Å². The summed E-state index contributed by atoms with van der Waals surface area (Å²) in [6.45, 7) is 0. The summed E-state index contributed by atoms with van der Waals surface area (Å²) in [6, 6.07) is 17.4. The van der Waals surface area contributed by atoms with Crippen LogP contribution in [0.2, 0.25) is 0 Å². The molecule has 0 aliphatic rings. The first-order valence-electron chi connectivity index (χ1n) is 7.44. The molecule has 0 saturated carbocycles. The van der Waals surface area contributed by atoms with Gasteiger partial charge in [0.15, 0.2) is 0 Å². The molecule has 5 heteroatoms. The summed E-state index contributed by atoms with van der Waals surface area (Å²) in [5.74, 6) is -2.06. The number of carbonyl (C=O) groups is 1. The van der Waals surface area contributed by atoms with Crippen LogP contribution in [0, 0.1) is 23.0 Å². The smallest absolute Gasteiger partial charge is 0.266 e. The molecule has 0 aromatic heterocycles. The monoisotopic (exact) mass is 334 g/mol. The van der Waals surface area contributed by atoms with Gasteiger partial charge in [-0.15, -0.1) is 0 Å². The van der Waals surface area contributed by atoms with Crippen molar-refractivity contribution >= 4 is 28.4 Å². The van der Waals surface area contributed by atoms with Crippen molar-refractivity contribution in [3.05, 3.63) is 83.4 Å². The largest absolute Gasteiger partial charge is 0.321 e. The highest BCUT2D eigenvalue weighted by Crippen LogP contribution is 2.23. The fourth-order valence-corrected chi connectivity index (χ4v) is 2.45. The number of anilines is 1. The van der Waals surface area contributed by atoms with Crippen molar-refractivity contribution in [2.45, 2.75) is 0 Å². The number of hydrogen-bond acceptors (Lipinski definition) is 2. The van der Waals surface area contributed by atoms with Gasteiger partial charge in [-0.2, -0.15) is 5.26 Å². The number of nitrogens with zero attached hydrogens (tertiary/aromatic N) is 1. The van der Waals surface area contributed by atoms with E-state index in [1.165, 1.54) is 0 Å². The summed E-state index contributed by atoms with van der Waals surface area (Å²) in [4.78, 5) is 12.4. The number of hydrogen-bond donors (Lipinski definition) is 1. The zero-order valence-electron chi connectivity index (χ0n) is 13.0. The molecule has 25 heavy (non-hydrogen) atoms. The number of nitriles is 1. The molecule has 3 nitrogen and oxygen atoms in total. The van der Waals surface area contributed by atoms with Crippen LogP contribution in [0.25, 0.3) is 16.8 Å². The van der Waals surface area contributed by atoms with Gasteiger partial charge in [0.1, 0.15) is 23.3 Å². The number of fused-ring (bicyclic) bond motifs is 1. The van der Waals surface area contributed by atoms with Gasteiger partial charge >= 0.3 is 0 Å². The Balaban J connectivity index is 1.94. The van der Waals surface area contributed by atoms with E-state index in [0.717, 1.165) is 35.0 Å². The molecule has 0 unspecified atom stereocenters. The van der Waals surface area contributed by atoms with Gasteiger partial charge in [0.25, 0.3) is 5.91 Å². The van der Waals surface area contributed by atoms with Gasteiger partial charge in [-0.3, -0.25) is 4.79 Å². The predicted molar refractivity (Wildman–Crippen MR) is 92.5 cm³/mol. The fraction of sp³-hybridized carbons (Fsp3) is 0. The number of amides is 1. The van der Waals surface area contributed by atoms with Crippen LogP contribution in [0.5, 0.6) is 0 Å². The first-order valence-corrected chi connectivity index (χ1v) is 7.44. The van der Waals surface area contributed by atoms with E-state index in [-0.39, 0.29) is 11.1 Å². The third-order valence-electron chi connectivity index (χ3n) is 3.66. The van der Waals surface area contributed by atoms with Crippen LogP contribution in [0.15, 0.2) is 66.2 Å². The van der Waals surface area contributed by atoms with Crippen LogP contribution >= 0.6 is 0 Å². The molecule has 0 heterocycles. The molecule has 0 aliphatic heterocycles. The Labute approximate surface area is 142 Å². The molecule has 0 bridgehead atoms. The summed E-state index contributed by atoms with van der Waals surface area (Å²) >= 11 is 0. The Bertz CT molecular complexity index is 1030. The van der Waals surface area contributed by atoms with Crippen LogP contribution in [0.4, 0.5) is 14.5 Å². The second kappa shape index (κ2) is 6.93. The van der Waals surface area contributed by atoms with E-state index in [4.69, 9.17) is 0 Å². The first kappa shape index (κ1) is 16.3. The molecule has 3 aromatic rings. The summed E-state index contributed by atoms with van der Waals surface area (Å²) in [5, 5.41) is 13.6. The average Bonchev–Trinajstić information content (AvgIpc) is 2.62. The van der Waals surface area contributed by atoms with Gasteiger partial charge in [-0.05, 0) is 35.7 Å². The molecular formula is C20H12F2N2O. The molecule has 0 fully saturated rings. The van der Waals surface area contributed by atoms with Gasteiger partial charge in [-0.25, -0.2) is 8.78 Å². The Morgan fingerprint density at radius 2 is 1.80 bits per heavy atom. The zero-order valence-corrected chi connectivity index (χ0v) is 13.0. The third-order valence-corrected chi connectivity index (χ3v) is 3.66. The number of carbonyl (C=O) groups excluding carboxylic acids is 1. The van der Waals surface area contributed by atoms with Crippen molar-refractivity contribution in [3.8, 4) is 6.07 Å². The third kappa shape index (κ3) is 3.54. The molecule has 0 spiro atoms. The molecule has 1 amide bonds. The van der Waals surface area contributed by atoms with Crippen LogP contribution in [-0.2, 0) is 4.79 Å². The summed E-state index contributed by atoms with van der Waals surface area (Å²) in [6.07, 6.45) is 1.03. The van der Waals surface area contributed by atoms with Crippen molar-refractivity contribution < 1.29 is 13.6 Å². The van der Waals surface area contributed by atoms with Gasteiger partial charge in [0.2, 0.25) is 0 Å². The van der Waals surface area contributed by atoms with E-state index < -0.39 is 17.5 Å². The lowest BCUT2D eigenvalue weighted by molar-refractivity contribution is -0.112. The van der Waals surface area contributed by atoms with E-state index in [9.17, 15) is 18.8 Å². The number of benzene rings is 3. The molecule has 1 N–H and O–H groups in total. The molecule has 3 rings (SSSR count). The highest BCUT2D eigenvalue weighted by atomic mass is 19.1. The summed E-state index contributed by atoms with van der Waals surface area (Å²) < 4.78 is 27.0. The maximum Gasteiger partial charge on any atom is 0.266 e. The molecule has 0 aliphatic carbocycles. The second-order valence-electron chi connectivity index (χ2n) is 5.32. The van der Waals surface area contributed by atoms with E-state index in [1.54, 1.807) is 18.2 Å². The minimum Gasteiger partial charge on any atom is -0.321 e. The highest BCUT2D eigenvalue weighted by molar-refractivity contribution is 6.12. The molecule has 0 radical (unpaired) electrons. The topological polar surface area (TPSA) is 52.9 Å². The zero-order chi connectivity index (χ0) is 17.8. The Morgan fingerprint density at radius 1 is 1.04 bits per heavy atom. The van der Waals surface area contributed by atoms with E-state index in [1.807, 2.05) is 30.3 Å². The van der Waals surface area contributed by atoms with E-state index in [2.05, 4.69) is 5.32 Å². The lowest BCUT2D eigenvalue weighted by Gasteiger charge is -2.08. The van der Waals surface area contributed by atoms with E-state index >= 15 is 0 Å². The van der Waals surface area contributed by atoms with Gasteiger partial charge < -0.3 is 5.32 Å². The van der Waals surface area contributed by atoms with Crippen molar-refractivity contribution in [2.75, 3.05) is 5.32 Å². The van der Waals surface area contributed by atoms with Gasteiger partial charge in [0, 0.05) is 16.6 Å². The van der Waals surface area contributed by atoms with Crippen LogP contribution in [0.1, 0.15) is 5.56 Å². The molecular weight excluding hydrogens is 322 g/mol. The van der Waals surface area contributed by atoms with Gasteiger partial charge in [0.05, 0.1) is 0 Å². The quantitative estimate of drug-likeness (QED) is 0.559. The minimum atomic E-state index is -0.716. The predicted octanol–water partition coefficient (Wildman–Crippen LogP) is 4.66. The maximum absolute atomic E-state index is 13.7. The lowest BCUT2D eigenvalue weighted by Crippen LogP contribution is -2.13. The number of halogens is 2. The van der Waals surface area contributed by atoms with Crippen molar-refractivity contribution in [1.29, 1.82) is 5.26 Å². The Morgan fingerprint density at radius 3 is 2.60 bits per heavy atom. The van der Waals surface area contributed by atoms with Gasteiger partial charge in [-0.1, -0.05) is 36.4 Å². The van der Waals surface area contributed by atoms with Crippen molar-refractivity contribution in [3.63, 3.8) is 0 Å². The molecule has 0 saturated heterocycles. The standard InChI is InChI=1S/C20H12F2N2O/c21-16-8-9-18(22)14(11-16)10-15(12-23)20(25)24-19-7-3-5-13-4-1-2-6-17(13)19/h1-11H,(H,24,25)/b15-10+. The Hall–Kier alpha value is -3.52. The minimum absolute atomic E-state index is 0.162. The Kier molecular flexibility index (Phi) is 4.53. The van der Waals surface area contributed by atoms with E-state index in [0.29, 0.717) is 5.69 Å².